The molecule has 0 unspecified atom stereocenters. The highest BCUT2D eigenvalue weighted by atomic mass is 16.5. The highest BCUT2D eigenvalue weighted by molar-refractivity contribution is 5.81. The van der Waals surface area contributed by atoms with Crippen molar-refractivity contribution in [2.45, 2.75) is 26.7 Å². The number of aromatic amines is 1. The molecule has 0 saturated carbocycles. The van der Waals surface area contributed by atoms with Gasteiger partial charge in [0.05, 0.1) is 0 Å². The van der Waals surface area contributed by atoms with Gasteiger partial charge in [0.1, 0.15) is 17.0 Å². The fourth-order valence-electron chi connectivity index (χ4n) is 4.32. The van der Waals surface area contributed by atoms with Gasteiger partial charge >= 0.3 is 0 Å². The summed E-state index contributed by atoms with van der Waals surface area (Å²) in [7, 11) is 0. The number of nitrogens with zero attached hydrogens (tertiary/aromatic N) is 7. The molecule has 1 N–H and O–H groups in total. The Morgan fingerprint density at radius 1 is 1.00 bits per heavy atom. The highest BCUT2D eigenvalue weighted by Gasteiger charge is 2.18. The second-order valence-electron chi connectivity index (χ2n) is 8.32. The zero-order chi connectivity index (χ0) is 23.8. The zero-order valence-electron chi connectivity index (χ0n) is 19.3. The molecule has 9 heteroatoms. The lowest BCUT2D eigenvalue weighted by Gasteiger charge is -2.09. The molecule has 0 fully saturated rings. The van der Waals surface area contributed by atoms with Gasteiger partial charge in [-0.2, -0.15) is 5.21 Å². The van der Waals surface area contributed by atoms with Crippen LogP contribution >= 0.6 is 0 Å². The number of rotatable bonds is 6. The molecule has 0 spiro atoms. The molecule has 0 bridgehead atoms. The van der Waals surface area contributed by atoms with Gasteiger partial charge in [-0.3, -0.25) is 4.57 Å². The van der Waals surface area contributed by atoms with Gasteiger partial charge in [0.15, 0.2) is 11.4 Å². The maximum Gasteiger partial charge on any atom is 0.205 e. The molecule has 0 aliphatic rings. The Kier molecular flexibility index (Phi) is 5.14. The van der Waals surface area contributed by atoms with Crippen LogP contribution in [0.4, 0.5) is 0 Å². The van der Waals surface area contributed by atoms with Crippen LogP contribution in [0, 0.1) is 6.92 Å². The maximum absolute atomic E-state index is 5.78. The minimum atomic E-state index is 0.505. The summed E-state index contributed by atoms with van der Waals surface area (Å²) in [5, 5.41) is 18.7. The number of fused-ring (bicyclic) bond motifs is 1. The third-order valence-corrected chi connectivity index (χ3v) is 5.98. The lowest BCUT2D eigenvalue weighted by molar-refractivity contribution is 0.435. The summed E-state index contributed by atoms with van der Waals surface area (Å²) in [5.74, 6) is 2.16. The van der Waals surface area contributed by atoms with Gasteiger partial charge in [0, 0.05) is 41.1 Å². The first kappa shape index (κ1) is 20.9. The van der Waals surface area contributed by atoms with E-state index >= 15 is 0 Å². The SMILES string of the molecule is CCCc1nc2c(C)ccnc2n1-c1cccc(-c2cc(-c3ccccc3-c3nn[nH]n3)no2)c1. The largest absolute Gasteiger partial charge is 0.356 e. The van der Waals surface area contributed by atoms with E-state index in [1.54, 1.807) is 0 Å². The normalized spacial score (nSPS) is 11.4. The summed E-state index contributed by atoms with van der Waals surface area (Å²) < 4.78 is 7.92. The van der Waals surface area contributed by atoms with Crippen molar-refractivity contribution in [3.8, 4) is 39.7 Å². The van der Waals surface area contributed by atoms with Crippen molar-refractivity contribution in [3.05, 3.63) is 78.2 Å². The van der Waals surface area contributed by atoms with Gasteiger partial charge in [-0.1, -0.05) is 48.5 Å². The number of hydrogen-bond donors (Lipinski definition) is 1. The Morgan fingerprint density at radius 2 is 1.89 bits per heavy atom. The first-order valence-corrected chi connectivity index (χ1v) is 11.5. The Labute approximate surface area is 200 Å². The molecule has 0 amide bonds. The van der Waals surface area contributed by atoms with E-state index in [2.05, 4.69) is 61.3 Å². The van der Waals surface area contributed by atoms with E-state index in [0.29, 0.717) is 17.3 Å². The number of nitrogens with one attached hydrogen (secondary N) is 1. The van der Waals surface area contributed by atoms with E-state index in [1.807, 2.05) is 54.7 Å². The van der Waals surface area contributed by atoms with Crippen molar-refractivity contribution in [2.75, 3.05) is 0 Å². The summed E-state index contributed by atoms with van der Waals surface area (Å²) in [6, 6.07) is 19.9. The molecule has 9 nitrogen and oxygen atoms in total. The van der Waals surface area contributed by atoms with Crippen molar-refractivity contribution in [3.63, 3.8) is 0 Å². The minimum absolute atomic E-state index is 0.505. The van der Waals surface area contributed by atoms with Crippen molar-refractivity contribution < 1.29 is 4.52 Å². The van der Waals surface area contributed by atoms with E-state index in [-0.39, 0.29) is 0 Å². The van der Waals surface area contributed by atoms with Crippen LogP contribution in [0.3, 0.4) is 0 Å². The lowest BCUT2D eigenvalue weighted by Crippen LogP contribution is -2.02. The third kappa shape index (κ3) is 3.67. The first-order chi connectivity index (χ1) is 17.2. The van der Waals surface area contributed by atoms with Gasteiger partial charge in [-0.25, -0.2) is 9.97 Å². The molecule has 0 aliphatic carbocycles. The van der Waals surface area contributed by atoms with Crippen LogP contribution in [0.5, 0.6) is 0 Å². The molecule has 6 aromatic rings. The van der Waals surface area contributed by atoms with E-state index in [9.17, 15) is 0 Å². The lowest BCUT2D eigenvalue weighted by atomic mass is 10.0. The van der Waals surface area contributed by atoms with Crippen LogP contribution in [0.25, 0.3) is 50.8 Å². The van der Waals surface area contributed by atoms with Crippen LogP contribution in [0.1, 0.15) is 24.7 Å². The third-order valence-electron chi connectivity index (χ3n) is 5.98. The van der Waals surface area contributed by atoms with E-state index in [0.717, 1.165) is 57.8 Å². The quantitative estimate of drug-likeness (QED) is 0.363. The van der Waals surface area contributed by atoms with E-state index in [4.69, 9.17) is 9.51 Å². The molecule has 6 rings (SSSR count). The molecule has 4 aromatic heterocycles. The zero-order valence-corrected chi connectivity index (χ0v) is 19.3. The van der Waals surface area contributed by atoms with Crippen LogP contribution in [0.2, 0.25) is 0 Å². The number of H-pyrrole nitrogens is 1. The number of aryl methyl sites for hydroxylation is 2. The molecule has 0 atom stereocenters. The summed E-state index contributed by atoms with van der Waals surface area (Å²) in [5.41, 5.74) is 7.19. The van der Waals surface area contributed by atoms with Crippen LogP contribution in [0.15, 0.2) is 71.4 Å². The maximum atomic E-state index is 5.78. The summed E-state index contributed by atoms with van der Waals surface area (Å²) in [6.07, 6.45) is 3.69. The first-order valence-electron chi connectivity index (χ1n) is 11.5. The molecule has 35 heavy (non-hydrogen) atoms. The van der Waals surface area contributed by atoms with Gasteiger partial charge in [-0.05, 0) is 42.3 Å². The molecule has 172 valence electrons. The number of pyridine rings is 1. The Bertz CT molecular complexity index is 1630. The molecule has 0 aliphatic heterocycles. The predicted molar refractivity (Wildman–Crippen MR) is 132 cm³/mol. The smallest absolute Gasteiger partial charge is 0.205 e. The second-order valence-corrected chi connectivity index (χ2v) is 8.32. The number of aromatic nitrogens is 8. The second kappa shape index (κ2) is 8.60. The monoisotopic (exact) mass is 462 g/mol. The van der Waals surface area contributed by atoms with Gasteiger partial charge in [0.25, 0.3) is 0 Å². The standard InChI is InChI=1S/C26H22N8O/c1-3-7-23-28-24-16(2)12-13-27-26(24)34(23)18-9-6-8-17(14-18)22-15-21(31-35-22)19-10-4-5-11-20(19)25-29-32-33-30-25/h4-6,8-15H,3,7H2,1-2H3,(H,29,30,32,33). The Morgan fingerprint density at radius 3 is 2.71 bits per heavy atom. The Balaban J connectivity index is 1.43. The molecule has 0 saturated heterocycles. The topological polar surface area (TPSA) is 111 Å². The van der Waals surface area contributed by atoms with E-state index < -0.39 is 0 Å². The minimum Gasteiger partial charge on any atom is -0.356 e. The fourth-order valence-corrected chi connectivity index (χ4v) is 4.32. The van der Waals surface area contributed by atoms with Crippen LogP contribution in [-0.4, -0.2) is 40.3 Å². The van der Waals surface area contributed by atoms with E-state index in [1.165, 1.54) is 0 Å². The molecular formula is C26H22N8O. The summed E-state index contributed by atoms with van der Waals surface area (Å²) >= 11 is 0. The highest BCUT2D eigenvalue weighted by Crippen LogP contribution is 2.33. The van der Waals surface area contributed by atoms with Crippen LogP contribution < -0.4 is 0 Å². The van der Waals surface area contributed by atoms with Gasteiger partial charge < -0.3 is 4.52 Å². The number of benzene rings is 2. The molecule has 4 heterocycles. The average Bonchev–Trinajstić information content (AvgIpc) is 3.65. The number of tetrazole rings is 1. The van der Waals surface area contributed by atoms with Crippen molar-refractivity contribution in [1.29, 1.82) is 0 Å². The molecular weight excluding hydrogens is 440 g/mol. The van der Waals surface area contributed by atoms with Crippen molar-refractivity contribution in [2.24, 2.45) is 0 Å². The molecule has 0 radical (unpaired) electrons. The Hall–Kier alpha value is -4.66. The summed E-state index contributed by atoms with van der Waals surface area (Å²) in [6.45, 7) is 4.22. The summed E-state index contributed by atoms with van der Waals surface area (Å²) in [4.78, 5) is 9.55. The number of imidazole rings is 1. The van der Waals surface area contributed by atoms with Crippen molar-refractivity contribution >= 4 is 11.2 Å². The number of hydrogen-bond acceptors (Lipinski definition) is 7. The van der Waals surface area contributed by atoms with Gasteiger partial charge in [0.2, 0.25) is 5.82 Å². The average molecular weight is 463 g/mol. The predicted octanol–water partition coefficient (Wildman–Crippen LogP) is 5.18. The molecule has 2 aromatic carbocycles. The van der Waals surface area contributed by atoms with Crippen molar-refractivity contribution in [1.82, 2.24) is 40.3 Å². The fraction of sp³-hybridized carbons (Fsp3) is 0.154. The van der Waals surface area contributed by atoms with Crippen LogP contribution in [-0.2, 0) is 6.42 Å². The van der Waals surface area contributed by atoms with Gasteiger partial charge in [-0.15, -0.1) is 10.2 Å².